The van der Waals surface area contributed by atoms with Gasteiger partial charge in [-0.25, -0.2) is 9.96 Å². The van der Waals surface area contributed by atoms with Gasteiger partial charge in [0.2, 0.25) is 5.91 Å². The highest BCUT2D eigenvalue weighted by Gasteiger charge is 2.60. The van der Waals surface area contributed by atoms with Gasteiger partial charge in [-0.2, -0.15) is 5.26 Å². The van der Waals surface area contributed by atoms with Crippen molar-refractivity contribution in [2.75, 3.05) is 9.96 Å². The summed E-state index contributed by atoms with van der Waals surface area (Å²) in [6.07, 6.45) is -0.941. The van der Waals surface area contributed by atoms with Crippen LogP contribution >= 0.6 is 11.6 Å². The van der Waals surface area contributed by atoms with Gasteiger partial charge >= 0.3 is 0 Å². The number of nitrogens with zero attached hydrogens (tertiary/aromatic N) is 3. The number of benzene rings is 3. The fourth-order valence-electron chi connectivity index (χ4n) is 4.15. The highest BCUT2D eigenvalue weighted by molar-refractivity contribution is 6.31. The maximum absolute atomic E-state index is 13.5. The molecule has 0 aromatic heterocycles. The van der Waals surface area contributed by atoms with E-state index in [1.165, 1.54) is 4.90 Å². The predicted octanol–water partition coefficient (Wildman–Crippen LogP) is 4.26. The van der Waals surface area contributed by atoms with E-state index in [1.807, 2.05) is 30.3 Å². The lowest BCUT2D eigenvalue weighted by Gasteiger charge is -2.28. The van der Waals surface area contributed by atoms with E-state index in [1.54, 1.807) is 53.6 Å². The van der Waals surface area contributed by atoms with E-state index in [0.717, 1.165) is 11.3 Å². The van der Waals surface area contributed by atoms with Crippen molar-refractivity contribution in [1.29, 1.82) is 5.26 Å². The number of hydrogen-bond acceptors (Lipinski definition) is 5. The number of hydrogen-bond donors (Lipinski definition) is 0. The van der Waals surface area contributed by atoms with Gasteiger partial charge < -0.3 is 0 Å². The molecule has 152 valence electrons. The van der Waals surface area contributed by atoms with Crippen molar-refractivity contribution < 1.29 is 14.4 Å². The number of halogens is 1. The van der Waals surface area contributed by atoms with Crippen LogP contribution in [0.1, 0.15) is 17.2 Å². The Hall–Kier alpha value is -3.66. The second kappa shape index (κ2) is 7.55. The zero-order chi connectivity index (χ0) is 21.5. The number of fused-ring (bicyclic) bond motifs is 1. The number of anilines is 2. The molecule has 6 nitrogen and oxygen atoms in total. The quantitative estimate of drug-likeness (QED) is 0.581. The summed E-state index contributed by atoms with van der Waals surface area (Å²) in [4.78, 5) is 33.9. The van der Waals surface area contributed by atoms with Crippen molar-refractivity contribution in [2.45, 2.75) is 12.1 Å². The molecular weight excluding hydrogens is 414 g/mol. The van der Waals surface area contributed by atoms with Crippen LogP contribution in [0.3, 0.4) is 0 Å². The number of rotatable bonds is 3. The average Bonchev–Trinajstić information content (AvgIpc) is 3.31. The summed E-state index contributed by atoms with van der Waals surface area (Å²) >= 11 is 5.96. The fourth-order valence-corrected chi connectivity index (χ4v) is 4.28. The van der Waals surface area contributed by atoms with Gasteiger partial charge in [-0.3, -0.25) is 14.4 Å². The Balaban J connectivity index is 1.58. The minimum Gasteiger partial charge on any atom is -0.273 e. The molecule has 3 aromatic carbocycles. The molecule has 0 radical (unpaired) electrons. The molecule has 3 atom stereocenters. The monoisotopic (exact) mass is 429 g/mol. The minimum atomic E-state index is -0.941. The number of imide groups is 1. The van der Waals surface area contributed by atoms with Gasteiger partial charge in [0.05, 0.1) is 29.0 Å². The molecule has 2 fully saturated rings. The van der Waals surface area contributed by atoms with E-state index in [4.69, 9.17) is 21.7 Å². The number of nitriles is 1. The van der Waals surface area contributed by atoms with Crippen LogP contribution in [0.2, 0.25) is 5.02 Å². The van der Waals surface area contributed by atoms with Crippen LogP contribution in [-0.2, 0) is 14.4 Å². The number of carbonyl (C=O) groups excluding carboxylic acids is 2. The molecule has 7 heteroatoms. The van der Waals surface area contributed by atoms with Gasteiger partial charge in [-0.15, -0.1) is 0 Å². The molecule has 2 amide bonds. The predicted molar refractivity (Wildman–Crippen MR) is 115 cm³/mol. The molecule has 2 aliphatic rings. The van der Waals surface area contributed by atoms with E-state index in [0.29, 0.717) is 16.3 Å². The Labute approximate surface area is 183 Å². The van der Waals surface area contributed by atoms with Crippen LogP contribution in [0.4, 0.5) is 11.4 Å². The lowest BCUT2D eigenvalue weighted by Crippen LogP contribution is -2.37. The van der Waals surface area contributed by atoms with Crippen LogP contribution < -0.4 is 9.96 Å². The van der Waals surface area contributed by atoms with Crippen LogP contribution in [0, 0.1) is 17.2 Å². The number of amides is 2. The fraction of sp³-hybridized carbons (Fsp3) is 0.125. The summed E-state index contributed by atoms with van der Waals surface area (Å²) in [5.41, 5.74) is 2.50. The Morgan fingerprint density at radius 3 is 2.16 bits per heavy atom. The number of carbonyl (C=O) groups is 2. The van der Waals surface area contributed by atoms with E-state index >= 15 is 0 Å². The zero-order valence-electron chi connectivity index (χ0n) is 16.2. The van der Waals surface area contributed by atoms with Crippen LogP contribution in [0.25, 0.3) is 0 Å². The maximum Gasteiger partial charge on any atom is 0.266 e. The van der Waals surface area contributed by atoms with Crippen molar-refractivity contribution in [2.24, 2.45) is 5.92 Å². The molecule has 31 heavy (non-hydrogen) atoms. The Morgan fingerprint density at radius 2 is 1.52 bits per heavy atom. The molecule has 2 saturated heterocycles. The number of hydroxylamine groups is 1. The Morgan fingerprint density at radius 1 is 0.839 bits per heavy atom. The Kier molecular flexibility index (Phi) is 4.70. The van der Waals surface area contributed by atoms with Crippen molar-refractivity contribution in [1.82, 2.24) is 0 Å². The number of para-hydroxylation sites is 1. The first-order chi connectivity index (χ1) is 15.1. The SMILES string of the molecule is N#Cc1ccc([C@H]2[C@H]3C(=O)N(c4ccc(Cl)cc4)C(=O)[C@@H]3ON2c2ccccc2)cc1. The highest BCUT2D eigenvalue weighted by Crippen LogP contribution is 2.47. The third kappa shape index (κ3) is 3.15. The van der Waals surface area contributed by atoms with Crippen molar-refractivity contribution >= 4 is 34.8 Å². The van der Waals surface area contributed by atoms with Gasteiger partial charge in [0, 0.05) is 5.02 Å². The lowest BCUT2D eigenvalue weighted by molar-refractivity contribution is -0.126. The zero-order valence-corrected chi connectivity index (χ0v) is 16.9. The van der Waals surface area contributed by atoms with Crippen LogP contribution in [-0.4, -0.2) is 17.9 Å². The van der Waals surface area contributed by atoms with E-state index < -0.39 is 24.0 Å². The minimum absolute atomic E-state index is 0.329. The van der Waals surface area contributed by atoms with Gasteiger partial charge in [-0.1, -0.05) is 41.9 Å². The molecule has 0 spiro atoms. The molecule has 3 aromatic rings. The first kappa shape index (κ1) is 19.3. The van der Waals surface area contributed by atoms with Crippen molar-refractivity contribution in [3.63, 3.8) is 0 Å². The molecule has 2 heterocycles. The summed E-state index contributed by atoms with van der Waals surface area (Å²) < 4.78 is 0. The lowest BCUT2D eigenvalue weighted by atomic mass is 9.90. The topological polar surface area (TPSA) is 73.6 Å². The van der Waals surface area contributed by atoms with Gasteiger partial charge in [0.25, 0.3) is 5.91 Å². The molecule has 0 saturated carbocycles. The van der Waals surface area contributed by atoms with Gasteiger partial charge in [0.1, 0.15) is 5.92 Å². The molecule has 5 rings (SSSR count). The van der Waals surface area contributed by atoms with Crippen LogP contribution in [0.5, 0.6) is 0 Å². The average molecular weight is 430 g/mol. The van der Waals surface area contributed by atoms with E-state index in [2.05, 4.69) is 6.07 Å². The third-order valence-corrected chi connectivity index (χ3v) is 5.84. The first-order valence-corrected chi connectivity index (χ1v) is 10.1. The first-order valence-electron chi connectivity index (χ1n) is 9.73. The highest BCUT2D eigenvalue weighted by atomic mass is 35.5. The summed E-state index contributed by atoms with van der Waals surface area (Å²) in [5.74, 6) is -1.46. The van der Waals surface area contributed by atoms with Crippen molar-refractivity contribution in [3.8, 4) is 6.07 Å². The normalized spacial score (nSPS) is 22.5. The summed E-state index contributed by atoms with van der Waals surface area (Å²) in [6.45, 7) is 0. The molecule has 2 aliphatic heterocycles. The second-order valence-electron chi connectivity index (χ2n) is 7.38. The standard InChI is InChI=1S/C24H16ClN3O3/c25-17-10-12-18(13-11-17)27-23(29)20-21(16-8-6-15(14-26)7-9-16)28(31-22(20)24(27)30)19-4-2-1-3-5-19/h1-13,20-22H/t20-,21+,22-/m1/s1. The van der Waals surface area contributed by atoms with E-state index in [-0.39, 0.29) is 5.91 Å². The largest absolute Gasteiger partial charge is 0.273 e. The smallest absolute Gasteiger partial charge is 0.266 e. The second-order valence-corrected chi connectivity index (χ2v) is 7.82. The summed E-state index contributed by atoms with van der Waals surface area (Å²) in [6, 6.07) is 24.5. The third-order valence-electron chi connectivity index (χ3n) is 5.59. The summed E-state index contributed by atoms with van der Waals surface area (Å²) in [7, 11) is 0. The maximum atomic E-state index is 13.5. The summed E-state index contributed by atoms with van der Waals surface area (Å²) in [5, 5.41) is 11.3. The molecule has 0 bridgehead atoms. The molecule has 0 N–H and O–H groups in total. The van der Waals surface area contributed by atoms with Gasteiger partial charge in [-0.05, 0) is 54.1 Å². The molecular formula is C24H16ClN3O3. The Bertz CT molecular complexity index is 1190. The van der Waals surface area contributed by atoms with Gasteiger partial charge in [0.15, 0.2) is 6.10 Å². The van der Waals surface area contributed by atoms with E-state index in [9.17, 15) is 9.59 Å². The molecule has 0 unspecified atom stereocenters. The molecule has 0 aliphatic carbocycles. The van der Waals surface area contributed by atoms with Crippen LogP contribution in [0.15, 0.2) is 78.9 Å². The van der Waals surface area contributed by atoms with Crippen molar-refractivity contribution in [3.05, 3.63) is 95.0 Å².